The van der Waals surface area contributed by atoms with E-state index >= 15 is 4.39 Å². The monoisotopic (exact) mass is 928 g/mol. The Balaban J connectivity index is 1.13. The largest absolute Gasteiger partial charge is 0.349 e. The zero-order valence-electron chi connectivity index (χ0n) is 32.8. The van der Waals surface area contributed by atoms with Gasteiger partial charge in [0.15, 0.2) is 46.8 Å². The van der Waals surface area contributed by atoms with E-state index in [2.05, 4.69) is 55.4 Å². The summed E-state index contributed by atoms with van der Waals surface area (Å²) in [5.74, 6) is -1.53. The summed E-state index contributed by atoms with van der Waals surface area (Å²) < 4.78 is 61.7. The molecule has 4 N–H and O–H groups in total. The lowest BCUT2D eigenvalue weighted by Crippen LogP contribution is -2.35. The molecule has 2 unspecified atom stereocenters. The summed E-state index contributed by atoms with van der Waals surface area (Å²) in [5, 5.41) is 9.14. The number of carbonyl (C=O) groups is 2. The Kier molecular flexibility index (Phi) is 13.1. The lowest BCUT2D eigenvalue weighted by Gasteiger charge is -2.29. The number of anilines is 2. The standard InChI is InChI=1S/C34H35FN14O11P2S/c1-16(2)29(50)44-34-43-28-23(31(52)45-34)41-15-49(28)32-24-20(35)18(57-32)11-54-61(53)59-25-21(46-47-36)19(12-56-62(63,60-24)55-10-9-37-3)58-33(25)48-14-40-22-26(38-13-39-27(22)48)42-30(51)17-7-5-4-6-8-17/h4-8,13-16,18-21,24-25,32-33,53H,9-12H2,1-2H3,(H,38,39,42,51)(H2,43,44,45,50,52)/t18-,19-,20-,21-,24-,25-,32-,33-,61?,62?/m1/s1. The lowest BCUT2D eigenvalue weighted by atomic mass is 10.1. The van der Waals surface area contributed by atoms with Crippen LogP contribution in [-0.4, -0.2) is 119 Å². The van der Waals surface area contributed by atoms with Crippen LogP contribution in [0.1, 0.15) is 36.7 Å². The second-order valence-electron chi connectivity index (χ2n) is 14.2. The van der Waals surface area contributed by atoms with Crippen molar-refractivity contribution >= 4 is 73.0 Å². The zero-order chi connectivity index (χ0) is 44.4. The van der Waals surface area contributed by atoms with Crippen LogP contribution < -0.4 is 16.2 Å². The Hall–Kier alpha value is -5.45. The molecule has 0 radical (unpaired) electrons. The molecule has 1 aromatic carbocycles. The predicted octanol–water partition coefficient (Wildman–Crippen LogP) is 3.81. The van der Waals surface area contributed by atoms with E-state index in [9.17, 15) is 24.8 Å². The normalized spacial score (nSPS) is 28.6. The van der Waals surface area contributed by atoms with Crippen LogP contribution in [0.3, 0.4) is 0 Å². The summed E-state index contributed by atoms with van der Waals surface area (Å²) in [7, 11) is -2.92. The zero-order valence-corrected chi connectivity index (χ0v) is 35.4. The molecule has 0 saturated carbocycles. The Bertz CT molecular complexity index is 2720. The number of hydrogen-bond donors (Lipinski definition) is 4. The Labute approximate surface area is 360 Å². The highest BCUT2D eigenvalue weighted by Gasteiger charge is 2.53. The summed E-state index contributed by atoms with van der Waals surface area (Å²) >= 11 is 5.81. The number of rotatable bonds is 10. The topological polar surface area (TPSA) is 303 Å². The Morgan fingerprint density at radius 1 is 1.10 bits per heavy atom. The molecular formula is C34H35FN14O11P2S. The van der Waals surface area contributed by atoms with Crippen molar-refractivity contribution in [2.75, 3.05) is 37.0 Å². The summed E-state index contributed by atoms with van der Waals surface area (Å²) in [6.07, 6.45) is -6.98. The van der Waals surface area contributed by atoms with Gasteiger partial charge in [-0.1, -0.05) is 37.2 Å². The van der Waals surface area contributed by atoms with Crippen LogP contribution in [0.25, 0.3) is 37.6 Å². The maximum Gasteiger partial charge on any atom is 0.330 e. The van der Waals surface area contributed by atoms with Gasteiger partial charge in [-0.15, -0.1) is 0 Å². The van der Waals surface area contributed by atoms with Gasteiger partial charge in [-0.25, -0.2) is 30.9 Å². The van der Waals surface area contributed by atoms with Crippen molar-refractivity contribution < 1.29 is 51.0 Å². The van der Waals surface area contributed by atoms with Crippen molar-refractivity contribution in [3.8, 4) is 0 Å². The van der Waals surface area contributed by atoms with E-state index in [0.717, 1.165) is 6.33 Å². The number of carbonyl (C=O) groups excluding carboxylic acids is 2. The van der Waals surface area contributed by atoms with Gasteiger partial charge in [0.1, 0.15) is 31.2 Å². The summed E-state index contributed by atoms with van der Waals surface area (Å²) in [6, 6.07) is 7.13. The number of halogens is 1. The summed E-state index contributed by atoms with van der Waals surface area (Å²) in [6.45, 7) is 4.74. The van der Waals surface area contributed by atoms with Crippen molar-refractivity contribution in [3.63, 3.8) is 0 Å². The van der Waals surface area contributed by atoms with Crippen LogP contribution in [-0.2, 0) is 48.7 Å². The molecule has 29 heteroatoms. The molecule has 0 aliphatic carbocycles. The first-order valence-electron chi connectivity index (χ1n) is 18.9. The maximum atomic E-state index is 16.7. The molecule has 25 nitrogen and oxygen atoms in total. The van der Waals surface area contributed by atoms with Crippen molar-refractivity contribution in [1.82, 2.24) is 39.0 Å². The third kappa shape index (κ3) is 9.16. The highest BCUT2D eigenvalue weighted by Crippen LogP contribution is 2.56. The minimum atomic E-state index is -4.14. The van der Waals surface area contributed by atoms with E-state index in [1.54, 1.807) is 44.2 Å². The van der Waals surface area contributed by atoms with E-state index in [-0.39, 0.29) is 47.2 Å². The molecule has 63 heavy (non-hydrogen) atoms. The van der Waals surface area contributed by atoms with Crippen LogP contribution >= 0.6 is 15.3 Å². The number of aromatic amines is 1. The van der Waals surface area contributed by atoms with E-state index in [1.807, 2.05) is 0 Å². The van der Waals surface area contributed by atoms with E-state index < -0.39 is 101 Å². The number of alkyl halides is 1. The number of benzene rings is 1. The number of ether oxygens (including phenoxy) is 2. The molecule has 3 aliphatic rings. The van der Waals surface area contributed by atoms with E-state index in [4.69, 9.17) is 50.5 Å². The third-order valence-corrected chi connectivity index (χ3v) is 12.9. The molecule has 5 aromatic rings. The first kappa shape index (κ1) is 44.2. The molecular weight excluding hydrogens is 893 g/mol. The fourth-order valence-corrected chi connectivity index (χ4v) is 9.60. The molecule has 3 saturated heterocycles. The quantitative estimate of drug-likeness (QED) is 0.0386. The number of fused-ring (bicyclic) bond motifs is 6. The van der Waals surface area contributed by atoms with Gasteiger partial charge in [0.25, 0.3) is 11.5 Å². The molecule has 4 aromatic heterocycles. The fourth-order valence-electron chi connectivity index (χ4n) is 6.77. The van der Waals surface area contributed by atoms with Gasteiger partial charge >= 0.3 is 15.3 Å². The van der Waals surface area contributed by atoms with Gasteiger partial charge < -0.3 is 42.6 Å². The van der Waals surface area contributed by atoms with Crippen LogP contribution in [0.4, 0.5) is 16.2 Å². The smallest absolute Gasteiger partial charge is 0.330 e. The number of H-pyrrole nitrogens is 1. The number of hydrogen-bond acceptors (Lipinski definition) is 18. The summed E-state index contributed by atoms with van der Waals surface area (Å²) in [5.41, 5.74) is 9.31. The first-order valence-corrected chi connectivity index (χ1v) is 22.6. The highest BCUT2D eigenvalue weighted by atomic mass is 32.5. The van der Waals surface area contributed by atoms with Crippen LogP contribution in [0.2, 0.25) is 0 Å². The average molecular weight is 929 g/mol. The maximum absolute atomic E-state index is 16.7. The number of amides is 2. The minimum Gasteiger partial charge on any atom is -0.349 e. The molecule has 10 atom stereocenters. The molecule has 8 rings (SSSR count). The highest BCUT2D eigenvalue weighted by molar-refractivity contribution is 8.07. The van der Waals surface area contributed by atoms with Crippen molar-refractivity contribution in [1.29, 1.82) is 0 Å². The molecule has 4 bridgehead atoms. The minimum absolute atomic E-state index is 0.0637. The molecule has 0 spiro atoms. The van der Waals surface area contributed by atoms with Crippen LogP contribution in [0, 0.1) is 12.5 Å². The number of nitrogens with one attached hydrogen (secondary N) is 3. The third-order valence-electron chi connectivity index (χ3n) is 9.80. The lowest BCUT2D eigenvalue weighted by molar-refractivity contribution is -0.118. The van der Waals surface area contributed by atoms with Gasteiger partial charge in [-0.3, -0.25) is 38.3 Å². The predicted molar refractivity (Wildman–Crippen MR) is 219 cm³/mol. The van der Waals surface area contributed by atoms with Gasteiger partial charge in [0.2, 0.25) is 18.4 Å². The second kappa shape index (κ2) is 18.7. The van der Waals surface area contributed by atoms with Crippen molar-refractivity contribution in [3.05, 3.63) is 87.1 Å². The number of imidazole rings is 2. The first-order chi connectivity index (χ1) is 30.4. The van der Waals surface area contributed by atoms with E-state index in [0.29, 0.717) is 5.56 Å². The van der Waals surface area contributed by atoms with Crippen LogP contribution in [0.15, 0.2) is 59.2 Å². The Morgan fingerprint density at radius 3 is 2.57 bits per heavy atom. The SMILES string of the molecule is [C-]#[N+]CCOP1(=S)OC[C@H]2O[C@@H](n3cnc4c(NC(=O)c5ccccc5)ncnc43)[C@H](OP(O)OC[C@H]3O[C@@H](n4cnc5c(=O)[nH]c(NC(=O)C(C)C)nc54)[C@H](O1)[C@@H]3F)[C@@H]2N=[N+]=[N-]. The number of azide groups is 1. The fraction of sp³-hybridized carbons (Fsp3) is 0.441. The molecule has 3 aliphatic heterocycles. The van der Waals surface area contributed by atoms with Crippen LogP contribution in [0.5, 0.6) is 0 Å². The van der Waals surface area contributed by atoms with Gasteiger partial charge in [-0.2, -0.15) is 4.98 Å². The molecule has 3 fully saturated rings. The van der Waals surface area contributed by atoms with Gasteiger partial charge in [0.05, 0.1) is 38.0 Å². The molecule has 330 valence electrons. The molecule has 7 heterocycles. The van der Waals surface area contributed by atoms with Gasteiger partial charge in [0, 0.05) is 16.4 Å². The average Bonchev–Trinajstić information content (AvgIpc) is 4.04. The Morgan fingerprint density at radius 2 is 1.83 bits per heavy atom. The number of aromatic nitrogens is 8. The number of nitrogens with zero attached hydrogens (tertiary/aromatic N) is 11. The summed E-state index contributed by atoms with van der Waals surface area (Å²) in [4.78, 5) is 79.9. The van der Waals surface area contributed by atoms with Crippen molar-refractivity contribution in [2.24, 2.45) is 11.0 Å². The van der Waals surface area contributed by atoms with Crippen molar-refractivity contribution in [2.45, 2.75) is 62.9 Å². The molecule has 2 amide bonds. The van der Waals surface area contributed by atoms with Gasteiger partial charge in [-0.05, 0) is 29.5 Å². The van der Waals surface area contributed by atoms with E-state index in [1.165, 1.54) is 21.8 Å². The second-order valence-corrected chi connectivity index (χ2v) is 18.1.